The topological polar surface area (TPSA) is 120 Å². The lowest BCUT2D eigenvalue weighted by atomic mass is 9.92. The average Bonchev–Trinajstić information content (AvgIpc) is 2.44. The molecular formula is C13H18N4O4. The number of pyridine rings is 1. The molecule has 0 aliphatic rings. The number of carboxylic acids is 1. The fourth-order valence-corrected chi connectivity index (χ4v) is 1.52. The number of carboxylic acid groups (broad SMARTS) is 1. The maximum absolute atomic E-state index is 11.7. The van der Waals surface area contributed by atoms with E-state index in [1.165, 1.54) is 25.5 Å². The highest BCUT2D eigenvalue weighted by molar-refractivity contribution is 5.93. The second kappa shape index (κ2) is 6.69. The molecule has 0 radical (unpaired) electrons. The van der Waals surface area contributed by atoms with E-state index in [0.717, 1.165) is 0 Å². The lowest BCUT2D eigenvalue weighted by Crippen LogP contribution is -2.44. The molecule has 1 aromatic heterocycles. The summed E-state index contributed by atoms with van der Waals surface area (Å²) in [5.41, 5.74) is -0.531. The molecule has 0 aliphatic heterocycles. The van der Waals surface area contributed by atoms with Crippen LogP contribution in [0.15, 0.2) is 18.5 Å². The number of aromatic nitrogens is 1. The van der Waals surface area contributed by atoms with Crippen LogP contribution in [0.2, 0.25) is 0 Å². The third-order valence-corrected chi connectivity index (χ3v) is 2.78. The van der Waals surface area contributed by atoms with Crippen LogP contribution in [-0.2, 0) is 4.79 Å². The molecule has 4 N–H and O–H groups in total. The van der Waals surface area contributed by atoms with Gasteiger partial charge in [-0.3, -0.25) is 9.78 Å². The van der Waals surface area contributed by atoms with Crippen molar-refractivity contribution in [3.8, 4) is 0 Å². The first-order valence-corrected chi connectivity index (χ1v) is 6.21. The van der Waals surface area contributed by atoms with E-state index in [9.17, 15) is 14.4 Å². The number of carbonyl (C=O) groups excluding carboxylic acids is 2. The van der Waals surface area contributed by atoms with Crippen LogP contribution in [0.5, 0.6) is 0 Å². The van der Waals surface area contributed by atoms with E-state index in [1.54, 1.807) is 13.8 Å². The maximum atomic E-state index is 11.7. The summed E-state index contributed by atoms with van der Waals surface area (Å²) in [6, 6.07) is 0.745. The molecule has 0 aliphatic carbocycles. The summed E-state index contributed by atoms with van der Waals surface area (Å²) >= 11 is 0. The first-order chi connectivity index (χ1) is 9.76. The largest absolute Gasteiger partial charge is 0.478 e. The molecule has 1 rings (SSSR count). The standard InChI is InChI=1S/C13H18N4O4/c1-13(2,11(20)14-3)7-16-12(21)17-9-4-8(10(18)19)5-15-6-9/h4-6H,7H2,1-3H3,(H,14,20)(H,18,19)(H2,16,17,21). The molecule has 0 atom stereocenters. The predicted octanol–water partition coefficient (Wildman–Crippen LogP) is 0.673. The minimum absolute atomic E-state index is 0.0292. The normalized spacial score (nSPS) is 10.6. The molecule has 0 saturated carbocycles. The minimum atomic E-state index is -1.13. The quantitative estimate of drug-likeness (QED) is 0.636. The van der Waals surface area contributed by atoms with Crippen LogP contribution in [0, 0.1) is 5.41 Å². The van der Waals surface area contributed by atoms with Crippen molar-refractivity contribution in [1.82, 2.24) is 15.6 Å². The zero-order valence-corrected chi connectivity index (χ0v) is 12.1. The van der Waals surface area contributed by atoms with Crippen LogP contribution < -0.4 is 16.0 Å². The molecule has 0 saturated heterocycles. The molecule has 1 heterocycles. The number of nitrogens with one attached hydrogen (secondary N) is 3. The Bertz CT molecular complexity index is 557. The molecule has 1 aromatic rings. The summed E-state index contributed by atoms with van der Waals surface area (Å²) in [5.74, 6) is -1.33. The van der Waals surface area contributed by atoms with Gasteiger partial charge in [0.15, 0.2) is 0 Å². The van der Waals surface area contributed by atoms with Crippen LogP contribution in [-0.4, -0.2) is 41.6 Å². The second-order valence-corrected chi connectivity index (χ2v) is 5.04. The fraction of sp³-hybridized carbons (Fsp3) is 0.385. The van der Waals surface area contributed by atoms with Crippen molar-refractivity contribution in [2.75, 3.05) is 18.9 Å². The van der Waals surface area contributed by atoms with E-state index in [0.29, 0.717) is 0 Å². The highest BCUT2D eigenvalue weighted by Crippen LogP contribution is 2.13. The number of anilines is 1. The highest BCUT2D eigenvalue weighted by atomic mass is 16.4. The molecule has 0 unspecified atom stereocenters. The Morgan fingerprint density at radius 2 is 1.95 bits per heavy atom. The van der Waals surface area contributed by atoms with Gasteiger partial charge in [0.2, 0.25) is 5.91 Å². The lowest BCUT2D eigenvalue weighted by Gasteiger charge is -2.22. The molecule has 0 bridgehead atoms. The number of hydrogen-bond acceptors (Lipinski definition) is 4. The van der Waals surface area contributed by atoms with Gasteiger partial charge in [0.1, 0.15) is 0 Å². The van der Waals surface area contributed by atoms with Gasteiger partial charge in [0, 0.05) is 19.8 Å². The lowest BCUT2D eigenvalue weighted by molar-refractivity contribution is -0.128. The van der Waals surface area contributed by atoms with Gasteiger partial charge in [-0.25, -0.2) is 9.59 Å². The van der Waals surface area contributed by atoms with Gasteiger partial charge in [-0.2, -0.15) is 0 Å². The van der Waals surface area contributed by atoms with Crippen molar-refractivity contribution in [3.63, 3.8) is 0 Å². The monoisotopic (exact) mass is 294 g/mol. The zero-order valence-electron chi connectivity index (χ0n) is 12.1. The Morgan fingerprint density at radius 1 is 1.29 bits per heavy atom. The number of amides is 3. The van der Waals surface area contributed by atoms with Crippen LogP contribution in [0.4, 0.5) is 10.5 Å². The molecule has 0 aromatic carbocycles. The van der Waals surface area contributed by atoms with Gasteiger partial charge in [-0.05, 0) is 19.9 Å². The third kappa shape index (κ3) is 4.75. The fourth-order valence-electron chi connectivity index (χ4n) is 1.52. The molecule has 114 valence electrons. The van der Waals surface area contributed by atoms with Gasteiger partial charge in [-0.1, -0.05) is 0 Å². The highest BCUT2D eigenvalue weighted by Gasteiger charge is 2.27. The number of rotatable bonds is 5. The summed E-state index contributed by atoms with van der Waals surface area (Å²) in [6.07, 6.45) is 2.51. The molecule has 21 heavy (non-hydrogen) atoms. The number of nitrogens with zero attached hydrogens (tertiary/aromatic N) is 1. The summed E-state index contributed by atoms with van der Waals surface area (Å²) in [7, 11) is 1.52. The Hall–Kier alpha value is -2.64. The SMILES string of the molecule is CNC(=O)C(C)(C)CNC(=O)Nc1cncc(C(=O)O)c1. The van der Waals surface area contributed by atoms with E-state index in [4.69, 9.17) is 5.11 Å². The molecule has 0 fully saturated rings. The van der Waals surface area contributed by atoms with Crippen molar-refractivity contribution in [2.45, 2.75) is 13.8 Å². The number of urea groups is 1. The first-order valence-electron chi connectivity index (χ1n) is 6.21. The Morgan fingerprint density at radius 3 is 2.52 bits per heavy atom. The number of hydrogen-bond donors (Lipinski definition) is 4. The minimum Gasteiger partial charge on any atom is -0.478 e. The summed E-state index contributed by atoms with van der Waals surface area (Å²) in [4.78, 5) is 37.8. The van der Waals surface area contributed by atoms with Gasteiger partial charge >= 0.3 is 12.0 Å². The van der Waals surface area contributed by atoms with Crippen molar-refractivity contribution in [1.29, 1.82) is 0 Å². The number of carbonyl (C=O) groups is 3. The molecule has 3 amide bonds. The van der Waals surface area contributed by atoms with Crippen LogP contribution in [0.25, 0.3) is 0 Å². The average molecular weight is 294 g/mol. The smallest absolute Gasteiger partial charge is 0.337 e. The number of aromatic carboxylic acids is 1. The van der Waals surface area contributed by atoms with Gasteiger partial charge in [0.25, 0.3) is 0 Å². The first kappa shape index (κ1) is 16.4. The van der Waals surface area contributed by atoms with Gasteiger partial charge in [0.05, 0.1) is 22.9 Å². The van der Waals surface area contributed by atoms with Gasteiger partial charge in [-0.15, -0.1) is 0 Å². The predicted molar refractivity (Wildman–Crippen MR) is 76.1 cm³/mol. The van der Waals surface area contributed by atoms with Crippen LogP contribution in [0.1, 0.15) is 24.2 Å². The van der Waals surface area contributed by atoms with Crippen LogP contribution >= 0.6 is 0 Å². The van der Waals surface area contributed by atoms with E-state index >= 15 is 0 Å². The summed E-state index contributed by atoms with van der Waals surface area (Å²) in [6.45, 7) is 3.52. The van der Waals surface area contributed by atoms with E-state index < -0.39 is 17.4 Å². The van der Waals surface area contributed by atoms with Crippen molar-refractivity contribution in [3.05, 3.63) is 24.0 Å². The summed E-state index contributed by atoms with van der Waals surface area (Å²) < 4.78 is 0. The van der Waals surface area contributed by atoms with Crippen molar-refractivity contribution >= 4 is 23.6 Å². The molecule has 0 spiro atoms. The third-order valence-electron chi connectivity index (χ3n) is 2.78. The Balaban J connectivity index is 2.60. The maximum Gasteiger partial charge on any atom is 0.337 e. The van der Waals surface area contributed by atoms with Gasteiger partial charge < -0.3 is 21.1 Å². The Kier molecular flexibility index (Phi) is 5.23. The zero-order chi connectivity index (χ0) is 16.0. The molecule has 8 nitrogen and oxygen atoms in total. The van der Waals surface area contributed by atoms with Crippen molar-refractivity contribution in [2.24, 2.45) is 5.41 Å². The Labute approximate surface area is 121 Å². The molecular weight excluding hydrogens is 276 g/mol. The van der Waals surface area contributed by atoms with Crippen molar-refractivity contribution < 1.29 is 19.5 Å². The van der Waals surface area contributed by atoms with E-state index in [2.05, 4.69) is 20.9 Å². The second-order valence-electron chi connectivity index (χ2n) is 5.04. The van der Waals surface area contributed by atoms with Crippen LogP contribution in [0.3, 0.4) is 0 Å². The molecule has 8 heteroatoms. The van der Waals surface area contributed by atoms with E-state index in [1.807, 2.05) is 0 Å². The summed E-state index contributed by atoms with van der Waals surface area (Å²) in [5, 5.41) is 16.3. The van der Waals surface area contributed by atoms with E-state index in [-0.39, 0.29) is 23.7 Å².